The van der Waals surface area contributed by atoms with Gasteiger partial charge in [-0.15, -0.1) is 0 Å². The van der Waals surface area contributed by atoms with Crippen molar-refractivity contribution in [3.63, 3.8) is 0 Å². The van der Waals surface area contributed by atoms with E-state index in [0.717, 1.165) is 30.7 Å². The number of rotatable bonds is 1. The fourth-order valence-electron chi connectivity index (χ4n) is 2.06. The number of hydrogen-bond donors (Lipinski definition) is 1. The van der Waals surface area contributed by atoms with E-state index in [9.17, 15) is 4.79 Å². The molecule has 1 aliphatic carbocycles. The molecule has 1 aliphatic rings. The number of ether oxygens (including phenoxy) is 1. The molecule has 0 aromatic carbocycles. The Morgan fingerprint density at radius 2 is 2.11 bits per heavy atom. The summed E-state index contributed by atoms with van der Waals surface area (Å²) in [6.07, 6.45) is 5.76. The Balaban J connectivity index is 2.05. The van der Waals surface area contributed by atoms with Gasteiger partial charge in [-0.3, -0.25) is 9.97 Å². The zero-order chi connectivity index (χ0) is 13.2. The molecule has 0 aliphatic heterocycles. The Morgan fingerprint density at radius 1 is 1.39 bits per heavy atom. The first-order valence-electron chi connectivity index (χ1n) is 6.25. The maximum Gasteiger partial charge on any atom is 0.408 e. The van der Waals surface area contributed by atoms with E-state index in [1.807, 2.05) is 20.8 Å². The standard InChI is InChI=1S/C13H19N3O2/c1-13(2,3)18-12(17)16-10-6-4-5-9-11(10)15-8-7-14-9/h7-8,10H,4-6H2,1-3H3,(H,16,17)/t10-/m1/s1. The van der Waals surface area contributed by atoms with Gasteiger partial charge in [0.15, 0.2) is 0 Å². The molecule has 0 unspecified atom stereocenters. The third-order valence-corrected chi connectivity index (χ3v) is 2.73. The zero-order valence-electron chi connectivity index (χ0n) is 11.1. The topological polar surface area (TPSA) is 64.1 Å². The van der Waals surface area contributed by atoms with E-state index < -0.39 is 11.7 Å². The van der Waals surface area contributed by atoms with Crippen LogP contribution in [-0.4, -0.2) is 21.7 Å². The molecule has 1 N–H and O–H groups in total. The summed E-state index contributed by atoms with van der Waals surface area (Å²) in [5.74, 6) is 0. The van der Waals surface area contributed by atoms with E-state index >= 15 is 0 Å². The van der Waals surface area contributed by atoms with Gasteiger partial charge in [-0.05, 0) is 40.0 Å². The predicted molar refractivity (Wildman–Crippen MR) is 67.1 cm³/mol. The van der Waals surface area contributed by atoms with Crippen LogP contribution in [0.5, 0.6) is 0 Å². The Labute approximate surface area is 107 Å². The number of aromatic nitrogens is 2. The molecule has 1 heterocycles. The molecule has 0 bridgehead atoms. The van der Waals surface area contributed by atoms with Crippen LogP contribution in [0.25, 0.3) is 0 Å². The number of hydrogen-bond acceptors (Lipinski definition) is 4. The first-order chi connectivity index (χ1) is 8.46. The van der Waals surface area contributed by atoms with Crippen LogP contribution in [-0.2, 0) is 11.2 Å². The van der Waals surface area contributed by atoms with Crippen molar-refractivity contribution in [3.8, 4) is 0 Å². The second-order valence-electron chi connectivity index (χ2n) is 5.48. The third-order valence-electron chi connectivity index (χ3n) is 2.73. The Kier molecular flexibility index (Phi) is 3.50. The monoisotopic (exact) mass is 249 g/mol. The lowest BCUT2D eigenvalue weighted by molar-refractivity contribution is 0.0497. The van der Waals surface area contributed by atoms with Crippen LogP contribution in [0.1, 0.15) is 51.0 Å². The summed E-state index contributed by atoms with van der Waals surface area (Å²) in [5.41, 5.74) is 1.36. The molecule has 1 aromatic heterocycles. The molecule has 1 atom stereocenters. The number of nitrogens with zero attached hydrogens (tertiary/aromatic N) is 2. The third kappa shape index (κ3) is 3.18. The van der Waals surface area contributed by atoms with E-state index in [2.05, 4.69) is 15.3 Å². The normalized spacial score (nSPS) is 18.9. The van der Waals surface area contributed by atoms with Gasteiger partial charge in [0.2, 0.25) is 0 Å². The minimum atomic E-state index is -0.482. The van der Waals surface area contributed by atoms with Crippen molar-refractivity contribution in [2.24, 2.45) is 0 Å². The van der Waals surface area contributed by atoms with Crippen molar-refractivity contribution in [1.82, 2.24) is 15.3 Å². The van der Waals surface area contributed by atoms with Crippen molar-refractivity contribution >= 4 is 6.09 Å². The maximum atomic E-state index is 11.8. The van der Waals surface area contributed by atoms with Crippen molar-refractivity contribution < 1.29 is 9.53 Å². The highest BCUT2D eigenvalue weighted by atomic mass is 16.6. The van der Waals surface area contributed by atoms with Crippen LogP contribution < -0.4 is 5.32 Å². The van der Waals surface area contributed by atoms with Gasteiger partial charge < -0.3 is 10.1 Å². The van der Waals surface area contributed by atoms with E-state index in [1.165, 1.54) is 0 Å². The SMILES string of the molecule is CC(C)(C)OC(=O)N[C@@H]1CCCc2nccnc21. The van der Waals surface area contributed by atoms with Gasteiger partial charge in [0.05, 0.1) is 17.4 Å². The zero-order valence-corrected chi connectivity index (χ0v) is 11.1. The smallest absolute Gasteiger partial charge is 0.408 e. The van der Waals surface area contributed by atoms with Gasteiger partial charge in [-0.25, -0.2) is 4.79 Å². The molecular weight excluding hydrogens is 230 g/mol. The van der Waals surface area contributed by atoms with Gasteiger partial charge in [-0.1, -0.05) is 0 Å². The molecule has 0 saturated heterocycles. The van der Waals surface area contributed by atoms with Crippen LogP contribution in [0.3, 0.4) is 0 Å². The molecule has 98 valence electrons. The lowest BCUT2D eigenvalue weighted by atomic mass is 9.95. The number of alkyl carbamates (subject to hydrolysis) is 1. The Hall–Kier alpha value is -1.65. The summed E-state index contributed by atoms with van der Waals surface area (Å²) in [6, 6.07) is -0.0858. The second kappa shape index (κ2) is 4.92. The van der Waals surface area contributed by atoms with Gasteiger partial charge in [0.25, 0.3) is 0 Å². The summed E-state index contributed by atoms with van der Waals surface area (Å²) >= 11 is 0. The van der Waals surface area contributed by atoms with E-state index in [0.29, 0.717) is 0 Å². The maximum absolute atomic E-state index is 11.8. The Bertz CT molecular complexity index is 440. The molecule has 1 aromatic rings. The van der Waals surface area contributed by atoms with E-state index in [4.69, 9.17) is 4.74 Å². The van der Waals surface area contributed by atoms with Gasteiger partial charge in [0, 0.05) is 12.4 Å². The number of aryl methyl sites for hydroxylation is 1. The molecule has 5 heteroatoms. The molecule has 0 fully saturated rings. The number of carbonyl (C=O) groups is 1. The van der Waals surface area contributed by atoms with Gasteiger partial charge >= 0.3 is 6.09 Å². The minimum Gasteiger partial charge on any atom is -0.444 e. The van der Waals surface area contributed by atoms with Crippen molar-refractivity contribution in [3.05, 3.63) is 23.8 Å². The molecule has 0 radical (unpaired) electrons. The second-order valence-corrected chi connectivity index (χ2v) is 5.48. The van der Waals surface area contributed by atoms with Gasteiger partial charge in [-0.2, -0.15) is 0 Å². The molecule has 0 spiro atoms. The highest BCUT2D eigenvalue weighted by Gasteiger charge is 2.26. The average molecular weight is 249 g/mol. The van der Waals surface area contributed by atoms with Gasteiger partial charge in [0.1, 0.15) is 5.60 Å². The predicted octanol–water partition coefficient (Wildman–Crippen LogP) is 2.38. The highest BCUT2D eigenvalue weighted by Crippen LogP contribution is 2.26. The lowest BCUT2D eigenvalue weighted by Crippen LogP contribution is -2.36. The summed E-state index contributed by atoms with van der Waals surface area (Å²) in [5, 5.41) is 2.87. The first kappa shape index (κ1) is 12.8. The molecule has 1 amide bonds. The van der Waals surface area contributed by atoms with Crippen LogP contribution in [0.4, 0.5) is 4.79 Å². The van der Waals surface area contributed by atoms with Crippen molar-refractivity contribution in [2.45, 2.75) is 51.7 Å². The fourth-order valence-corrected chi connectivity index (χ4v) is 2.06. The molecule has 5 nitrogen and oxygen atoms in total. The average Bonchev–Trinajstić information content (AvgIpc) is 2.27. The van der Waals surface area contributed by atoms with Crippen LogP contribution in [0, 0.1) is 0 Å². The number of fused-ring (bicyclic) bond motifs is 1. The lowest BCUT2D eigenvalue weighted by Gasteiger charge is -2.26. The van der Waals surface area contributed by atoms with Crippen LogP contribution >= 0.6 is 0 Å². The van der Waals surface area contributed by atoms with E-state index in [1.54, 1.807) is 12.4 Å². The fraction of sp³-hybridized carbons (Fsp3) is 0.615. The molecule has 2 rings (SSSR count). The number of carbonyl (C=O) groups excluding carboxylic acids is 1. The first-order valence-corrected chi connectivity index (χ1v) is 6.25. The molecule has 0 saturated carbocycles. The summed E-state index contributed by atoms with van der Waals surface area (Å²) in [4.78, 5) is 20.4. The largest absolute Gasteiger partial charge is 0.444 e. The summed E-state index contributed by atoms with van der Waals surface area (Å²) in [7, 11) is 0. The quantitative estimate of drug-likeness (QED) is 0.830. The molecule has 18 heavy (non-hydrogen) atoms. The molecular formula is C13H19N3O2. The van der Waals surface area contributed by atoms with Crippen molar-refractivity contribution in [2.75, 3.05) is 0 Å². The highest BCUT2D eigenvalue weighted by molar-refractivity contribution is 5.68. The number of nitrogens with one attached hydrogen (secondary N) is 1. The number of amides is 1. The minimum absolute atomic E-state index is 0.0858. The summed E-state index contributed by atoms with van der Waals surface area (Å²) < 4.78 is 5.26. The van der Waals surface area contributed by atoms with Crippen LogP contribution in [0.2, 0.25) is 0 Å². The van der Waals surface area contributed by atoms with E-state index in [-0.39, 0.29) is 6.04 Å². The summed E-state index contributed by atoms with van der Waals surface area (Å²) in [6.45, 7) is 5.55. The Morgan fingerprint density at radius 3 is 2.83 bits per heavy atom. The van der Waals surface area contributed by atoms with Crippen LogP contribution in [0.15, 0.2) is 12.4 Å². The van der Waals surface area contributed by atoms with Crippen molar-refractivity contribution in [1.29, 1.82) is 0 Å².